The number of halogens is 2. The van der Waals surface area contributed by atoms with Gasteiger partial charge >= 0.3 is 5.97 Å². The minimum Gasteiger partial charge on any atom is -0.456 e. The van der Waals surface area contributed by atoms with Crippen molar-refractivity contribution in [3.8, 4) is 0 Å². The average Bonchev–Trinajstić information content (AvgIpc) is 3.04. The Bertz CT molecular complexity index is 819. The molecule has 6 nitrogen and oxygen atoms in total. The molecule has 25 heavy (non-hydrogen) atoms. The van der Waals surface area contributed by atoms with E-state index < -0.39 is 34.7 Å². The number of likely N-dealkylation sites (tertiary alicyclic amines) is 1. The minimum atomic E-state index is -1.87. The highest BCUT2D eigenvalue weighted by molar-refractivity contribution is 6.05. The molecule has 0 saturated carbocycles. The van der Waals surface area contributed by atoms with Crippen LogP contribution in [-0.4, -0.2) is 29.1 Å². The second-order valence-corrected chi connectivity index (χ2v) is 5.97. The zero-order valence-corrected chi connectivity index (χ0v) is 13.6. The molecule has 1 amide bonds. The fourth-order valence-electron chi connectivity index (χ4n) is 2.93. The van der Waals surface area contributed by atoms with Crippen LogP contribution in [0.3, 0.4) is 0 Å². The van der Waals surface area contributed by atoms with Crippen molar-refractivity contribution in [1.82, 2.24) is 4.90 Å². The molecular weight excluding hydrogens is 336 g/mol. The highest BCUT2D eigenvalue weighted by atomic mass is 19.1. The Morgan fingerprint density at radius 2 is 2.04 bits per heavy atom. The Morgan fingerprint density at radius 3 is 2.60 bits per heavy atom. The van der Waals surface area contributed by atoms with Gasteiger partial charge in [0.25, 0.3) is 5.78 Å². The summed E-state index contributed by atoms with van der Waals surface area (Å²) >= 11 is 0. The number of esters is 1. The molecule has 2 aliphatic heterocycles. The lowest BCUT2D eigenvalue weighted by Crippen LogP contribution is -2.33. The normalized spacial score (nSPS) is 23.3. The first kappa shape index (κ1) is 17.1. The molecule has 0 aliphatic carbocycles. The van der Waals surface area contributed by atoms with Crippen LogP contribution in [0.2, 0.25) is 0 Å². The molecule has 0 aromatic heterocycles. The van der Waals surface area contributed by atoms with E-state index in [1.54, 1.807) is 0 Å². The summed E-state index contributed by atoms with van der Waals surface area (Å²) in [7, 11) is 0. The van der Waals surface area contributed by atoms with E-state index in [0.29, 0.717) is 12.5 Å². The molecule has 1 saturated heterocycles. The molecule has 0 spiro atoms. The Kier molecular flexibility index (Phi) is 4.06. The van der Waals surface area contributed by atoms with Gasteiger partial charge < -0.3 is 9.47 Å². The average molecular weight is 351 g/mol. The van der Waals surface area contributed by atoms with E-state index in [9.17, 15) is 23.2 Å². The molecule has 1 aromatic rings. The number of ether oxygens (including phenoxy) is 2. The molecular formula is C17H15F2NO5. The van der Waals surface area contributed by atoms with Gasteiger partial charge in [-0.25, -0.2) is 8.78 Å². The molecule has 0 bridgehead atoms. The number of amides is 1. The van der Waals surface area contributed by atoms with Gasteiger partial charge in [-0.2, -0.15) is 0 Å². The summed E-state index contributed by atoms with van der Waals surface area (Å²) in [6, 6.07) is 2.70. The summed E-state index contributed by atoms with van der Waals surface area (Å²) in [5, 5.41) is 0. The highest BCUT2D eigenvalue weighted by Gasteiger charge is 2.53. The van der Waals surface area contributed by atoms with Crippen LogP contribution in [0.25, 0.3) is 0 Å². The number of hydrogen-bond acceptors (Lipinski definition) is 5. The molecule has 2 heterocycles. The van der Waals surface area contributed by atoms with Crippen LogP contribution in [0, 0.1) is 11.6 Å². The van der Waals surface area contributed by atoms with E-state index in [2.05, 4.69) is 0 Å². The molecule has 1 atom stereocenters. The van der Waals surface area contributed by atoms with Gasteiger partial charge in [0.05, 0.1) is 0 Å². The third-order valence-electron chi connectivity index (χ3n) is 4.14. The highest BCUT2D eigenvalue weighted by Crippen LogP contribution is 2.42. The van der Waals surface area contributed by atoms with Crippen molar-refractivity contribution >= 4 is 17.7 Å². The monoisotopic (exact) mass is 351 g/mol. The Hall–Kier alpha value is -2.77. The molecule has 132 valence electrons. The number of hydrogen-bond donors (Lipinski definition) is 0. The quantitative estimate of drug-likeness (QED) is 0.780. The molecule has 2 aliphatic rings. The molecule has 3 rings (SSSR count). The number of carbonyl (C=O) groups excluding carboxylic acids is 3. The smallest absolute Gasteiger partial charge is 0.308 e. The second kappa shape index (κ2) is 5.94. The van der Waals surface area contributed by atoms with Crippen LogP contribution >= 0.6 is 0 Å². The van der Waals surface area contributed by atoms with Crippen molar-refractivity contribution in [2.45, 2.75) is 32.3 Å². The minimum absolute atomic E-state index is 0.214. The van der Waals surface area contributed by atoms with E-state index in [1.807, 2.05) is 0 Å². The number of carbonyl (C=O) groups is 3. The summed E-state index contributed by atoms with van der Waals surface area (Å²) in [6.45, 7) is 2.66. The van der Waals surface area contributed by atoms with Crippen LogP contribution in [0.1, 0.15) is 32.3 Å². The van der Waals surface area contributed by atoms with Gasteiger partial charge in [0.2, 0.25) is 23.2 Å². The zero-order valence-electron chi connectivity index (χ0n) is 13.6. The van der Waals surface area contributed by atoms with Crippen LogP contribution in [0.15, 0.2) is 29.8 Å². The van der Waals surface area contributed by atoms with Crippen LogP contribution < -0.4 is 0 Å². The van der Waals surface area contributed by atoms with Crippen molar-refractivity contribution in [2.24, 2.45) is 0 Å². The van der Waals surface area contributed by atoms with Crippen molar-refractivity contribution in [2.75, 3.05) is 6.54 Å². The van der Waals surface area contributed by atoms with E-state index in [1.165, 1.54) is 11.8 Å². The third-order valence-corrected chi connectivity index (χ3v) is 4.14. The molecule has 0 N–H and O–H groups in total. The van der Waals surface area contributed by atoms with Crippen molar-refractivity contribution in [3.63, 3.8) is 0 Å². The Morgan fingerprint density at radius 1 is 1.32 bits per heavy atom. The summed E-state index contributed by atoms with van der Waals surface area (Å²) < 4.78 is 38.0. The topological polar surface area (TPSA) is 72.9 Å². The van der Waals surface area contributed by atoms with Crippen LogP contribution in [0.4, 0.5) is 8.78 Å². The van der Waals surface area contributed by atoms with E-state index in [4.69, 9.17) is 9.47 Å². The molecule has 1 fully saturated rings. The molecule has 1 unspecified atom stereocenters. The molecule has 1 aromatic carbocycles. The standard InChI is InChI=1S/C17H15F2NO5/c1-9(21)24-14-15(23)17(2,11-6-5-10(18)8-12(11)19)25-16(14)20-7-3-4-13(20)22/h5-6,8H,3-4,7H2,1-2H3. The SMILES string of the molecule is CC(=O)OC1=C(N2CCCC2=O)OC(C)(c2ccc(F)cc2F)C1=O. The van der Waals surface area contributed by atoms with Gasteiger partial charge in [0, 0.05) is 31.5 Å². The fourth-order valence-corrected chi connectivity index (χ4v) is 2.93. The first-order chi connectivity index (χ1) is 11.7. The van der Waals surface area contributed by atoms with Crippen molar-refractivity contribution in [1.29, 1.82) is 0 Å². The van der Waals surface area contributed by atoms with Crippen molar-refractivity contribution < 1.29 is 32.6 Å². The summed E-state index contributed by atoms with van der Waals surface area (Å²) in [4.78, 5) is 37.4. The van der Waals surface area contributed by atoms with Gasteiger partial charge in [-0.3, -0.25) is 19.3 Å². The van der Waals surface area contributed by atoms with Crippen molar-refractivity contribution in [3.05, 3.63) is 47.0 Å². The van der Waals surface area contributed by atoms with Crippen LogP contribution in [0.5, 0.6) is 0 Å². The maximum absolute atomic E-state index is 14.2. The van der Waals surface area contributed by atoms with Gasteiger partial charge in [0.1, 0.15) is 11.6 Å². The fraction of sp³-hybridized carbons (Fsp3) is 0.353. The zero-order chi connectivity index (χ0) is 18.4. The number of rotatable bonds is 3. The van der Waals surface area contributed by atoms with Crippen LogP contribution in [-0.2, 0) is 29.5 Å². The number of ketones is 1. The maximum atomic E-state index is 14.2. The number of nitrogens with zero attached hydrogens (tertiary/aromatic N) is 1. The summed E-state index contributed by atoms with van der Waals surface area (Å²) in [5.74, 6) is -4.34. The third kappa shape index (κ3) is 2.77. The van der Waals surface area contributed by atoms with E-state index >= 15 is 0 Å². The van der Waals surface area contributed by atoms with Gasteiger partial charge in [-0.15, -0.1) is 0 Å². The lowest BCUT2D eigenvalue weighted by Gasteiger charge is -2.26. The largest absolute Gasteiger partial charge is 0.456 e. The lowest BCUT2D eigenvalue weighted by molar-refractivity contribution is -0.142. The van der Waals surface area contributed by atoms with E-state index in [0.717, 1.165) is 19.1 Å². The van der Waals surface area contributed by atoms with Gasteiger partial charge in [-0.05, 0) is 25.5 Å². The first-order valence-electron chi connectivity index (χ1n) is 7.66. The molecule has 0 radical (unpaired) electrons. The lowest BCUT2D eigenvalue weighted by atomic mass is 9.91. The summed E-state index contributed by atoms with van der Waals surface area (Å²) in [5.41, 5.74) is -2.09. The maximum Gasteiger partial charge on any atom is 0.308 e. The Balaban J connectivity index is 2.07. The first-order valence-corrected chi connectivity index (χ1v) is 7.66. The van der Waals surface area contributed by atoms with E-state index in [-0.39, 0.29) is 30.3 Å². The predicted molar refractivity (Wildman–Crippen MR) is 79.5 cm³/mol. The summed E-state index contributed by atoms with van der Waals surface area (Å²) in [6.07, 6.45) is 0.810. The second-order valence-electron chi connectivity index (χ2n) is 5.97. The predicted octanol–water partition coefficient (Wildman–Crippen LogP) is 2.13. The number of Topliss-reactive ketones (excluding diaryl/α,β-unsaturated/α-hetero) is 1. The number of benzene rings is 1. The van der Waals surface area contributed by atoms with Gasteiger partial charge in [-0.1, -0.05) is 0 Å². The molecule has 8 heteroatoms. The Labute approximate surface area is 142 Å². The van der Waals surface area contributed by atoms with Gasteiger partial charge in [0.15, 0.2) is 0 Å².